The standard InChI is InChI=1S/C17H21FN2O3/c18-13-3-1-12(2-4-13)16(22)20-9-7-17(8-10-20)6-5-14(17)23-11-15(19)21/h1-4,14H,5-11H2,(H2,19,21). The molecule has 2 fully saturated rings. The highest BCUT2D eigenvalue weighted by Crippen LogP contribution is 2.50. The summed E-state index contributed by atoms with van der Waals surface area (Å²) in [4.78, 5) is 25.1. The van der Waals surface area contributed by atoms with Crippen LogP contribution in [-0.4, -0.2) is 42.5 Å². The number of ether oxygens (including phenoxy) is 1. The van der Waals surface area contributed by atoms with E-state index in [4.69, 9.17) is 10.5 Å². The summed E-state index contributed by atoms with van der Waals surface area (Å²) < 4.78 is 18.6. The Labute approximate surface area is 134 Å². The van der Waals surface area contributed by atoms with Gasteiger partial charge in [-0.05, 0) is 49.9 Å². The average Bonchev–Trinajstić information content (AvgIpc) is 2.54. The van der Waals surface area contributed by atoms with E-state index in [0.717, 1.165) is 25.7 Å². The van der Waals surface area contributed by atoms with E-state index in [1.165, 1.54) is 24.3 Å². The van der Waals surface area contributed by atoms with Gasteiger partial charge in [-0.15, -0.1) is 0 Å². The largest absolute Gasteiger partial charge is 0.368 e. The fourth-order valence-electron chi connectivity index (χ4n) is 3.62. The summed E-state index contributed by atoms with van der Waals surface area (Å²) in [6.07, 6.45) is 3.80. The Morgan fingerprint density at radius 2 is 1.87 bits per heavy atom. The lowest BCUT2D eigenvalue weighted by Gasteiger charge is -2.53. The van der Waals surface area contributed by atoms with Crippen molar-refractivity contribution in [2.45, 2.75) is 31.8 Å². The van der Waals surface area contributed by atoms with Crippen LogP contribution >= 0.6 is 0 Å². The molecule has 0 aromatic heterocycles. The molecule has 1 heterocycles. The van der Waals surface area contributed by atoms with Crippen LogP contribution < -0.4 is 5.73 Å². The molecular weight excluding hydrogens is 299 g/mol. The molecule has 1 unspecified atom stereocenters. The van der Waals surface area contributed by atoms with Crippen LogP contribution in [0.2, 0.25) is 0 Å². The fourth-order valence-corrected chi connectivity index (χ4v) is 3.62. The van der Waals surface area contributed by atoms with Crippen molar-refractivity contribution < 1.29 is 18.7 Å². The smallest absolute Gasteiger partial charge is 0.253 e. The first kappa shape index (κ1) is 15.9. The van der Waals surface area contributed by atoms with Crippen LogP contribution in [0.4, 0.5) is 4.39 Å². The van der Waals surface area contributed by atoms with Crippen LogP contribution in [0.3, 0.4) is 0 Å². The second-order valence-corrected chi connectivity index (χ2v) is 6.47. The molecule has 1 aromatic carbocycles. The summed E-state index contributed by atoms with van der Waals surface area (Å²) in [7, 11) is 0. The highest BCUT2D eigenvalue weighted by Gasteiger charge is 2.49. The van der Waals surface area contributed by atoms with E-state index < -0.39 is 5.91 Å². The zero-order valence-electron chi connectivity index (χ0n) is 13.0. The molecule has 1 aliphatic heterocycles. The maximum absolute atomic E-state index is 12.9. The van der Waals surface area contributed by atoms with Crippen molar-refractivity contribution in [2.75, 3.05) is 19.7 Å². The van der Waals surface area contributed by atoms with Crippen LogP contribution in [0.5, 0.6) is 0 Å². The highest BCUT2D eigenvalue weighted by atomic mass is 19.1. The first-order chi connectivity index (χ1) is 11.0. The third kappa shape index (κ3) is 3.22. The van der Waals surface area contributed by atoms with Crippen molar-refractivity contribution >= 4 is 11.8 Å². The number of hydrogen-bond acceptors (Lipinski definition) is 3. The summed E-state index contributed by atoms with van der Waals surface area (Å²) in [6, 6.07) is 5.64. The van der Waals surface area contributed by atoms with Crippen molar-refractivity contribution in [1.29, 1.82) is 0 Å². The van der Waals surface area contributed by atoms with Crippen molar-refractivity contribution in [3.8, 4) is 0 Å². The Bertz CT molecular complexity index is 594. The highest BCUT2D eigenvalue weighted by molar-refractivity contribution is 5.94. The number of benzene rings is 1. The molecule has 0 bridgehead atoms. The van der Waals surface area contributed by atoms with E-state index in [1.807, 2.05) is 4.90 Å². The first-order valence-corrected chi connectivity index (χ1v) is 7.95. The van der Waals surface area contributed by atoms with Crippen LogP contribution in [-0.2, 0) is 9.53 Å². The molecule has 1 aromatic rings. The van der Waals surface area contributed by atoms with Crippen molar-refractivity contribution in [3.05, 3.63) is 35.6 Å². The number of amides is 2. The number of piperidine rings is 1. The molecule has 0 radical (unpaired) electrons. The quantitative estimate of drug-likeness (QED) is 0.918. The Balaban J connectivity index is 1.57. The predicted octanol–water partition coefficient (Wildman–Crippen LogP) is 1.71. The van der Waals surface area contributed by atoms with E-state index in [1.54, 1.807) is 0 Å². The second kappa shape index (κ2) is 6.28. The number of rotatable bonds is 4. The molecule has 124 valence electrons. The van der Waals surface area contributed by atoms with Crippen LogP contribution in [0, 0.1) is 11.2 Å². The first-order valence-electron chi connectivity index (χ1n) is 7.95. The lowest BCUT2D eigenvalue weighted by molar-refractivity contribution is -0.148. The second-order valence-electron chi connectivity index (χ2n) is 6.47. The van der Waals surface area contributed by atoms with Crippen molar-refractivity contribution in [1.82, 2.24) is 4.90 Å². The van der Waals surface area contributed by atoms with Crippen molar-refractivity contribution in [3.63, 3.8) is 0 Å². The molecule has 2 aliphatic rings. The topological polar surface area (TPSA) is 72.6 Å². The number of carbonyl (C=O) groups is 2. The SMILES string of the molecule is NC(=O)COC1CCC12CCN(C(=O)c1ccc(F)cc1)CC2. The monoisotopic (exact) mass is 320 g/mol. The zero-order valence-corrected chi connectivity index (χ0v) is 13.0. The van der Waals surface area contributed by atoms with Gasteiger partial charge in [0.25, 0.3) is 5.91 Å². The number of likely N-dealkylation sites (tertiary alicyclic amines) is 1. The Morgan fingerprint density at radius 3 is 2.39 bits per heavy atom. The Morgan fingerprint density at radius 1 is 1.22 bits per heavy atom. The zero-order chi connectivity index (χ0) is 16.4. The van der Waals surface area contributed by atoms with Gasteiger partial charge in [-0.25, -0.2) is 4.39 Å². The van der Waals surface area contributed by atoms with Gasteiger partial charge in [-0.3, -0.25) is 9.59 Å². The van der Waals surface area contributed by atoms with Crippen molar-refractivity contribution in [2.24, 2.45) is 11.1 Å². The van der Waals surface area contributed by atoms with E-state index in [2.05, 4.69) is 0 Å². The van der Waals surface area contributed by atoms with E-state index in [-0.39, 0.29) is 29.9 Å². The minimum Gasteiger partial charge on any atom is -0.368 e. The molecule has 1 atom stereocenters. The van der Waals surface area contributed by atoms with Crippen LogP contribution in [0.15, 0.2) is 24.3 Å². The fraction of sp³-hybridized carbons (Fsp3) is 0.529. The van der Waals surface area contributed by atoms with Gasteiger partial charge in [0.1, 0.15) is 12.4 Å². The predicted molar refractivity (Wildman–Crippen MR) is 82.1 cm³/mol. The molecule has 5 nitrogen and oxygen atoms in total. The summed E-state index contributed by atoms with van der Waals surface area (Å²) in [5, 5.41) is 0. The third-order valence-corrected chi connectivity index (χ3v) is 5.15. The van der Waals surface area contributed by atoms with Gasteiger partial charge in [-0.1, -0.05) is 0 Å². The number of hydrogen-bond donors (Lipinski definition) is 1. The molecular formula is C17H21FN2O3. The van der Waals surface area contributed by atoms with Gasteiger partial charge in [0.2, 0.25) is 5.91 Å². The van der Waals surface area contributed by atoms with E-state index in [0.29, 0.717) is 18.7 Å². The molecule has 1 spiro atoms. The normalized spacial score (nSPS) is 22.7. The lowest BCUT2D eigenvalue weighted by atomic mass is 9.60. The van der Waals surface area contributed by atoms with Gasteiger partial charge in [0, 0.05) is 24.1 Å². The number of primary amides is 1. The minimum atomic E-state index is -0.448. The molecule has 6 heteroatoms. The van der Waals surface area contributed by atoms with Gasteiger partial charge in [0.15, 0.2) is 0 Å². The van der Waals surface area contributed by atoms with E-state index in [9.17, 15) is 14.0 Å². The minimum absolute atomic E-state index is 0.0371. The molecule has 1 saturated heterocycles. The lowest BCUT2D eigenvalue weighted by Crippen LogP contribution is -2.54. The number of carbonyl (C=O) groups excluding carboxylic acids is 2. The molecule has 3 rings (SSSR count). The summed E-state index contributed by atoms with van der Waals surface area (Å²) in [5.41, 5.74) is 5.72. The van der Waals surface area contributed by atoms with Gasteiger partial charge in [-0.2, -0.15) is 0 Å². The van der Waals surface area contributed by atoms with Gasteiger partial charge >= 0.3 is 0 Å². The number of nitrogens with two attached hydrogens (primary N) is 1. The molecule has 1 aliphatic carbocycles. The molecule has 2 amide bonds. The van der Waals surface area contributed by atoms with Gasteiger partial charge in [0.05, 0.1) is 6.10 Å². The number of nitrogens with zero attached hydrogens (tertiary/aromatic N) is 1. The number of halogens is 1. The third-order valence-electron chi connectivity index (χ3n) is 5.15. The molecule has 1 saturated carbocycles. The molecule has 2 N–H and O–H groups in total. The Hall–Kier alpha value is -1.95. The maximum Gasteiger partial charge on any atom is 0.253 e. The average molecular weight is 320 g/mol. The summed E-state index contributed by atoms with van der Waals surface area (Å²) in [6.45, 7) is 1.28. The van der Waals surface area contributed by atoms with Crippen LogP contribution in [0.1, 0.15) is 36.0 Å². The summed E-state index contributed by atoms with van der Waals surface area (Å²) in [5.74, 6) is -0.854. The Kier molecular flexibility index (Phi) is 4.35. The molecule has 23 heavy (non-hydrogen) atoms. The van der Waals surface area contributed by atoms with Gasteiger partial charge < -0.3 is 15.4 Å². The summed E-state index contributed by atoms with van der Waals surface area (Å²) >= 11 is 0. The van der Waals surface area contributed by atoms with E-state index >= 15 is 0 Å². The maximum atomic E-state index is 12.9. The van der Waals surface area contributed by atoms with Crippen LogP contribution in [0.25, 0.3) is 0 Å².